The number of ether oxygens (including phenoxy) is 3. The van der Waals surface area contributed by atoms with Gasteiger partial charge in [-0.2, -0.15) is 0 Å². The molecule has 2 aliphatic rings. The molecule has 1 aromatic carbocycles. The van der Waals surface area contributed by atoms with Crippen molar-refractivity contribution < 1.29 is 34.0 Å². The number of rotatable bonds is 5. The lowest BCUT2D eigenvalue weighted by molar-refractivity contribution is -0.273. The molecular formula is C36H56O7. The number of allylic oxidation sites excluding steroid dienone is 1. The third kappa shape index (κ3) is 8.36. The first-order chi connectivity index (χ1) is 20.0. The van der Waals surface area contributed by atoms with Crippen molar-refractivity contribution >= 4 is 11.8 Å². The topological polar surface area (TPSA) is 102 Å². The van der Waals surface area contributed by atoms with Crippen LogP contribution < -0.4 is 0 Å². The van der Waals surface area contributed by atoms with E-state index in [2.05, 4.69) is 27.7 Å². The van der Waals surface area contributed by atoms with Crippen LogP contribution in [0.5, 0.6) is 0 Å². The Morgan fingerprint density at radius 1 is 1.00 bits per heavy atom. The maximum absolute atomic E-state index is 13.8. The molecule has 2 N–H and O–H groups in total. The van der Waals surface area contributed by atoms with Crippen LogP contribution >= 0.6 is 0 Å². The van der Waals surface area contributed by atoms with Crippen molar-refractivity contribution in [2.45, 2.75) is 131 Å². The van der Waals surface area contributed by atoms with Crippen molar-refractivity contribution in [3.8, 4) is 0 Å². The predicted molar refractivity (Wildman–Crippen MR) is 168 cm³/mol. The molecule has 0 aliphatic carbocycles. The molecule has 0 amide bonds. The van der Waals surface area contributed by atoms with Crippen LogP contribution in [0.3, 0.4) is 0 Å². The van der Waals surface area contributed by atoms with Gasteiger partial charge in [0.15, 0.2) is 12.1 Å². The Hall–Kier alpha value is -2.06. The Balaban J connectivity index is 2.06. The zero-order valence-electron chi connectivity index (χ0n) is 28.0. The van der Waals surface area contributed by atoms with Crippen LogP contribution in [0.2, 0.25) is 0 Å². The summed E-state index contributed by atoms with van der Waals surface area (Å²) in [5, 5.41) is 23.7. The average Bonchev–Trinajstić information content (AvgIpc) is 2.94. The summed E-state index contributed by atoms with van der Waals surface area (Å²) in [5.74, 6) is -1.87. The van der Waals surface area contributed by atoms with E-state index in [0.717, 1.165) is 12.0 Å². The number of carbonyl (C=O) groups is 2. The lowest BCUT2D eigenvalue weighted by atomic mass is 9.70. The first-order valence-electron chi connectivity index (χ1n) is 16.2. The third-order valence-electron chi connectivity index (χ3n) is 10.0. The quantitative estimate of drug-likeness (QED) is 0.383. The summed E-state index contributed by atoms with van der Waals surface area (Å²) >= 11 is 0. The zero-order chi connectivity index (χ0) is 32.3. The van der Waals surface area contributed by atoms with Gasteiger partial charge < -0.3 is 24.4 Å². The molecule has 0 aromatic heterocycles. The molecule has 0 saturated carbocycles. The maximum Gasteiger partial charge on any atom is 0.311 e. The summed E-state index contributed by atoms with van der Waals surface area (Å²) in [6.45, 7) is 19.5. The molecule has 0 radical (unpaired) electrons. The molecule has 1 fully saturated rings. The van der Waals surface area contributed by atoms with Crippen molar-refractivity contribution in [2.75, 3.05) is 0 Å². The number of aliphatic hydroxyl groups is 2. The van der Waals surface area contributed by atoms with Gasteiger partial charge in [0, 0.05) is 24.2 Å². The van der Waals surface area contributed by atoms with Gasteiger partial charge in [0.1, 0.15) is 11.7 Å². The number of esters is 1. The molecule has 1 aromatic rings. The minimum absolute atomic E-state index is 0.0425. The summed E-state index contributed by atoms with van der Waals surface area (Å²) in [6, 6.07) is 9.48. The first-order valence-corrected chi connectivity index (χ1v) is 16.2. The number of aliphatic hydroxyl groups excluding tert-OH is 1. The van der Waals surface area contributed by atoms with Gasteiger partial charge in [-0.3, -0.25) is 9.59 Å². The molecule has 242 valence electrons. The Morgan fingerprint density at radius 3 is 2.23 bits per heavy atom. The molecule has 2 heterocycles. The second-order valence-electron chi connectivity index (χ2n) is 14.4. The Morgan fingerprint density at radius 2 is 1.63 bits per heavy atom. The lowest BCUT2D eigenvalue weighted by Crippen LogP contribution is -2.52. The minimum Gasteiger partial charge on any atom is -0.459 e. The van der Waals surface area contributed by atoms with Crippen LogP contribution in [-0.2, 0) is 30.2 Å². The van der Waals surface area contributed by atoms with Crippen LogP contribution in [0, 0.1) is 35.0 Å². The molecule has 0 spiro atoms. The first kappa shape index (κ1) is 35.4. The molecule has 7 nitrogen and oxygen atoms in total. The fourth-order valence-corrected chi connectivity index (χ4v) is 7.31. The molecule has 2 aliphatic heterocycles. The molecule has 1 unspecified atom stereocenters. The van der Waals surface area contributed by atoms with Gasteiger partial charge in [-0.15, -0.1) is 0 Å². The van der Waals surface area contributed by atoms with Gasteiger partial charge in [-0.05, 0) is 68.6 Å². The Bertz CT molecular complexity index is 1110. The SMILES string of the molecule is CC[C@H]1OC(=O)[C@H](C)[C@@H](O)[C@H](C)[C@@H](OC2O[C@H](C)C[C@H](C)[C@H]2C)C(C)(C)C[C@@H](C)C(=O)/C(C)=C/[C@@]1(O)Cc1ccccc1. The van der Waals surface area contributed by atoms with Crippen molar-refractivity contribution in [3.63, 3.8) is 0 Å². The Labute approximate surface area is 259 Å². The number of cyclic esters (lactones) is 1. The number of hydrogen-bond donors (Lipinski definition) is 2. The van der Waals surface area contributed by atoms with Crippen molar-refractivity contribution in [1.82, 2.24) is 0 Å². The second-order valence-corrected chi connectivity index (χ2v) is 14.4. The number of ketones is 1. The summed E-state index contributed by atoms with van der Waals surface area (Å²) < 4.78 is 19.0. The summed E-state index contributed by atoms with van der Waals surface area (Å²) in [5.41, 5.74) is -0.896. The summed E-state index contributed by atoms with van der Waals surface area (Å²) in [6.07, 6.45) is 0.562. The van der Waals surface area contributed by atoms with Gasteiger partial charge in [0.05, 0.1) is 24.2 Å². The van der Waals surface area contributed by atoms with Crippen LogP contribution in [0.4, 0.5) is 0 Å². The van der Waals surface area contributed by atoms with Crippen LogP contribution in [0.25, 0.3) is 0 Å². The molecule has 7 heteroatoms. The van der Waals surface area contributed by atoms with E-state index in [4.69, 9.17) is 14.2 Å². The lowest BCUT2D eigenvalue weighted by Gasteiger charge is -2.46. The summed E-state index contributed by atoms with van der Waals surface area (Å²) in [4.78, 5) is 27.4. The molecule has 1 saturated heterocycles. The Kier molecular flexibility index (Phi) is 11.8. The van der Waals surface area contributed by atoms with E-state index in [9.17, 15) is 19.8 Å². The van der Waals surface area contributed by atoms with Gasteiger partial charge in [-0.25, -0.2) is 0 Å². The number of benzene rings is 1. The van der Waals surface area contributed by atoms with E-state index in [-0.39, 0.29) is 30.1 Å². The molecule has 3 rings (SSSR count). The number of carbonyl (C=O) groups excluding carboxylic acids is 2. The fourth-order valence-electron chi connectivity index (χ4n) is 7.31. The van der Waals surface area contributed by atoms with Crippen LogP contribution in [0.15, 0.2) is 42.0 Å². The maximum atomic E-state index is 13.8. The zero-order valence-corrected chi connectivity index (χ0v) is 28.0. The van der Waals surface area contributed by atoms with Crippen LogP contribution in [0.1, 0.15) is 94.1 Å². The third-order valence-corrected chi connectivity index (χ3v) is 10.0. The van der Waals surface area contributed by atoms with Gasteiger partial charge in [0.2, 0.25) is 0 Å². The van der Waals surface area contributed by atoms with E-state index in [1.54, 1.807) is 19.9 Å². The number of hydrogen-bond acceptors (Lipinski definition) is 7. The molecule has 11 atom stereocenters. The van der Waals surface area contributed by atoms with Crippen molar-refractivity contribution in [2.24, 2.45) is 35.0 Å². The van der Waals surface area contributed by atoms with Gasteiger partial charge in [0.25, 0.3) is 0 Å². The minimum atomic E-state index is -1.62. The van der Waals surface area contributed by atoms with E-state index in [1.165, 1.54) is 0 Å². The predicted octanol–water partition coefficient (Wildman–Crippen LogP) is 6.29. The van der Waals surface area contributed by atoms with Crippen molar-refractivity contribution in [1.29, 1.82) is 0 Å². The van der Waals surface area contributed by atoms with E-state index in [0.29, 0.717) is 24.3 Å². The highest BCUT2D eigenvalue weighted by Gasteiger charge is 2.47. The highest BCUT2D eigenvalue weighted by atomic mass is 16.7. The number of Topliss-reactive ketones (excluding diaryl/α,β-unsaturated/α-hetero) is 1. The highest BCUT2D eigenvalue weighted by Crippen LogP contribution is 2.42. The molecular weight excluding hydrogens is 544 g/mol. The van der Waals surface area contributed by atoms with E-state index < -0.39 is 53.4 Å². The van der Waals surface area contributed by atoms with E-state index in [1.807, 2.05) is 58.0 Å². The smallest absolute Gasteiger partial charge is 0.311 e. The fraction of sp³-hybridized carbons (Fsp3) is 0.722. The van der Waals surface area contributed by atoms with E-state index >= 15 is 0 Å². The summed E-state index contributed by atoms with van der Waals surface area (Å²) in [7, 11) is 0. The van der Waals surface area contributed by atoms with Crippen molar-refractivity contribution in [3.05, 3.63) is 47.5 Å². The second kappa shape index (κ2) is 14.4. The van der Waals surface area contributed by atoms with Gasteiger partial charge >= 0.3 is 5.97 Å². The van der Waals surface area contributed by atoms with Crippen LogP contribution in [-0.4, -0.2) is 58.3 Å². The normalized spacial score (nSPS) is 41.1. The molecule has 0 bridgehead atoms. The largest absolute Gasteiger partial charge is 0.459 e. The average molecular weight is 601 g/mol. The molecule has 43 heavy (non-hydrogen) atoms. The van der Waals surface area contributed by atoms with Gasteiger partial charge in [-0.1, -0.05) is 78.8 Å². The highest BCUT2D eigenvalue weighted by molar-refractivity contribution is 5.96. The monoisotopic (exact) mass is 600 g/mol. The standard InChI is InChI=1S/C36H56O7/c1-11-29-36(40,20-28-15-13-12-14-16-28)19-23(4)30(37)22(3)18-35(9,10)32(26(7)31(38)27(8)33(39)42-29)43-34-25(6)21(2)17-24(5)41-34/h12-16,19,21-22,24-27,29,31-32,34,38,40H,11,17-18,20H2,1-10H3/b23-19+/t21-,22+,24+,25+,26-,27+,29+,31-,32+,34?,36+/m0/s1.